The molecular weight excluding hydrogens is 687 g/mol. The Morgan fingerprint density at radius 1 is 0.455 bits per heavy atom. The fraction of sp³-hybridized carbons (Fsp3) is 0. The van der Waals surface area contributed by atoms with E-state index < -0.39 is 0 Å². The highest BCUT2D eigenvalue weighted by molar-refractivity contribution is 7.25. The van der Waals surface area contributed by atoms with E-state index in [1.807, 2.05) is 53.9 Å². The molecule has 0 unspecified atom stereocenters. The molecule has 10 aromatic rings. The summed E-state index contributed by atoms with van der Waals surface area (Å²) in [6.45, 7) is 0. The molecule has 0 saturated carbocycles. The number of hydrogen-bond donors (Lipinski definition) is 1. The molecule has 10 rings (SSSR count). The Kier molecular flexibility index (Phi) is 8.16. The Labute approximate surface area is 322 Å². The van der Waals surface area contributed by atoms with E-state index in [9.17, 15) is 5.41 Å². The van der Waals surface area contributed by atoms with Gasteiger partial charge in [-0.2, -0.15) is 0 Å². The zero-order valence-electron chi connectivity index (χ0n) is 29.8. The van der Waals surface area contributed by atoms with Crippen molar-refractivity contribution in [3.05, 3.63) is 205 Å². The number of rotatable bonds is 5. The van der Waals surface area contributed by atoms with Crippen LogP contribution in [0.25, 0.3) is 74.7 Å². The van der Waals surface area contributed by atoms with Crippen molar-refractivity contribution in [3.8, 4) is 22.3 Å². The molecule has 0 bridgehead atoms. The molecule has 258 valence electrons. The highest BCUT2D eigenvalue weighted by atomic mass is 32.1. The first kappa shape index (κ1) is 32.6. The maximum atomic E-state index is 9.31. The number of nitrogens with zero attached hydrogens (tertiary/aromatic N) is 2. The van der Waals surface area contributed by atoms with Crippen molar-refractivity contribution in [2.75, 3.05) is 0 Å². The molecule has 1 N–H and O–H groups in total. The number of nitrogens with one attached hydrogen (secondary N) is 1. The Hall–Kier alpha value is -7.01. The summed E-state index contributed by atoms with van der Waals surface area (Å²) in [6.07, 6.45) is 1.95. The minimum absolute atomic E-state index is 0.148. The topological polar surface area (TPSA) is 48.6 Å². The van der Waals surface area contributed by atoms with Crippen molar-refractivity contribution in [2.24, 2.45) is 9.98 Å². The van der Waals surface area contributed by atoms with Gasteiger partial charge >= 0.3 is 0 Å². The molecule has 0 aliphatic rings. The van der Waals surface area contributed by atoms with Gasteiger partial charge in [0.1, 0.15) is 0 Å². The lowest BCUT2D eigenvalue weighted by molar-refractivity contribution is 1.40. The van der Waals surface area contributed by atoms with Gasteiger partial charge < -0.3 is 0 Å². The molecule has 0 atom stereocenters. The van der Waals surface area contributed by atoms with E-state index in [-0.39, 0.29) is 5.84 Å². The van der Waals surface area contributed by atoms with E-state index in [4.69, 9.17) is 9.98 Å². The lowest BCUT2D eigenvalue weighted by Crippen LogP contribution is -2.06. The molecule has 55 heavy (non-hydrogen) atoms. The zero-order chi connectivity index (χ0) is 36.7. The van der Waals surface area contributed by atoms with Crippen LogP contribution in [0, 0.1) is 5.41 Å². The van der Waals surface area contributed by atoms with Crippen LogP contribution < -0.4 is 0 Å². The van der Waals surface area contributed by atoms with Gasteiger partial charge in [-0.15, -0.1) is 11.3 Å². The standard InChI is InChI=1S/C51H33N3S/c52-50(36-24-22-34(23-25-36)33-12-2-1-3-13-33)54-51(45-20-9-8-17-40(45)38-27-29-44-43-19-10-11-21-48(43)55-49(44)31-38)53-32-47-41-18-7-5-15-37(41)30-46-39-16-6-4-14-35(39)26-28-42(46)47/h1-32,52H. The van der Waals surface area contributed by atoms with E-state index in [1.165, 1.54) is 36.3 Å². The van der Waals surface area contributed by atoms with Gasteiger partial charge in [0.25, 0.3) is 0 Å². The van der Waals surface area contributed by atoms with Crippen LogP contribution in [0.4, 0.5) is 0 Å². The highest BCUT2D eigenvalue weighted by Gasteiger charge is 2.16. The van der Waals surface area contributed by atoms with Gasteiger partial charge in [0, 0.05) is 43.1 Å². The van der Waals surface area contributed by atoms with Gasteiger partial charge in [0.15, 0.2) is 11.7 Å². The summed E-state index contributed by atoms with van der Waals surface area (Å²) in [6, 6.07) is 65.6. The van der Waals surface area contributed by atoms with Crippen LogP contribution >= 0.6 is 11.3 Å². The van der Waals surface area contributed by atoms with Crippen molar-refractivity contribution in [2.45, 2.75) is 0 Å². The molecule has 1 heterocycles. The summed E-state index contributed by atoms with van der Waals surface area (Å²) in [4.78, 5) is 10.3. The van der Waals surface area contributed by atoms with Crippen LogP contribution in [0.3, 0.4) is 0 Å². The Morgan fingerprint density at radius 3 is 1.95 bits per heavy atom. The first-order valence-corrected chi connectivity index (χ1v) is 19.2. The van der Waals surface area contributed by atoms with Crippen molar-refractivity contribution >= 4 is 81.7 Å². The summed E-state index contributed by atoms with van der Waals surface area (Å²) in [5, 5.41) is 18.8. The van der Waals surface area contributed by atoms with Crippen LogP contribution in [-0.2, 0) is 0 Å². The van der Waals surface area contributed by atoms with Crippen LogP contribution in [0.15, 0.2) is 198 Å². The quantitative estimate of drug-likeness (QED) is 0.0797. The molecule has 4 heteroatoms. The molecule has 3 nitrogen and oxygen atoms in total. The molecule has 0 radical (unpaired) electrons. The average Bonchev–Trinajstić information content (AvgIpc) is 3.63. The molecule has 0 aliphatic carbocycles. The lowest BCUT2D eigenvalue weighted by atomic mass is 9.94. The molecule has 0 spiro atoms. The summed E-state index contributed by atoms with van der Waals surface area (Å²) in [7, 11) is 0. The highest BCUT2D eigenvalue weighted by Crippen LogP contribution is 2.38. The third kappa shape index (κ3) is 5.99. The molecule has 0 saturated heterocycles. The fourth-order valence-corrected chi connectivity index (χ4v) is 8.87. The molecule has 0 fully saturated rings. The second-order valence-corrected chi connectivity index (χ2v) is 14.8. The second-order valence-electron chi connectivity index (χ2n) is 13.7. The van der Waals surface area contributed by atoms with Gasteiger partial charge in [-0.3, -0.25) is 5.41 Å². The minimum atomic E-state index is 0.148. The SMILES string of the molecule is N=C(N=C(N=Cc1c2ccccc2cc2c1ccc1ccccc12)c1ccccc1-c1ccc2c(c1)sc1ccccc12)c1ccc(-c2ccccc2)cc1. The third-order valence-corrected chi connectivity index (χ3v) is 11.6. The summed E-state index contributed by atoms with van der Waals surface area (Å²) in [5.41, 5.74) is 6.93. The molecule has 1 aromatic heterocycles. The van der Waals surface area contributed by atoms with Crippen LogP contribution in [0.1, 0.15) is 16.7 Å². The summed E-state index contributed by atoms with van der Waals surface area (Å²) in [5.74, 6) is 0.626. The number of thiophene rings is 1. The number of fused-ring (bicyclic) bond motifs is 7. The summed E-state index contributed by atoms with van der Waals surface area (Å²) >= 11 is 1.81. The van der Waals surface area contributed by atoms with Crippen LogP contribution in [0.2, 0.25) is 0 Å². The second kappa shape index (κ2) is 13.8. The number of aliphatic imine (C=N–C) groups is 2. The van der Waals surface area contributed by atoms with Crippen molar-refractivity contribution in [1.29, 1.82) is 5.41 Å². The number of benzene rings is 9. The maximum Gasteiger partial charge on any atom is 0.162 e. The monoisotopic (exact) mass is 719 g/mol. The maximum absolute atomic E-state index is 9.31. The average molecular weight is 720 g/mol. The lowest BCUT2D eigenvalue weighted by Gasteiger charge is -2.13. The normalized spacial score (nSPS) is 12.1. The largest absolute Gasteiger partial charge is 0.282 e. The predicted octanol–water partition coefficient (Wildman–Crippen LogP) is 13.7. The fourth-order valence-electron chi connectivity index (χ4n) is 7.72. The predicted molar refractivity (Wildman–Crippen MR) is 237 cm³/mol. The van der Waals surface area contributed by atoms with Crippen LogP contribution in [-0.4, -0.2) is 17.9 Å². The number of amidine groups is 2. The van der Waals surface area contributed by atoms with Gasteiger partial charge in [-0.25, -0.2) is 9.98 Å². The Balaban J connectivity index is 1.14. The van der Waals surface area contributed by atoms with Gasteiger partial charge in [-0.05, 0) is 72.8 Å². The third-order valence-electron chi connectivity index (χ3n) is 10.5. The Morgan fingerprint density at radius 2 is 1.09 bits per heavy atom. The van der Waals surface area contributed by atoms with E-state index >= 15 is 0 Å². The molecule has 9 aromatic carbocycles. The van der Waals surface area contributed by atoms with E-state index in [2.05, 4.69) is 152 Å². The smallest absolute Gasteiger partial charge is 0.162 e. The van der Waals surface area contributed by atoms with Crippen molar-refractivity contribution < 1.29 is 0 Å². The van der Waals surface area contributed by atoms with E-state index in [0.29, 0.717) is 5.84 Å². The van der Waals surface area contributed by atoms with Gasteiger partial charge in [-0.1, -0.05) is 170 Å². The van der Waals surface area contributed by atoms with Gasteiger partial charge in [0.05, 0.1) is 0 Å². The summed E-state index contributed by atoms with van der Waals surface area (Å²) < 4.78 is 2.51. The van der Waals surface area contributed by atoms with E-state index in [0.717, 1.165) is 55.1 Å². The van der Waals surface area contributed by atoms with Crippen molar-refractivity contribution in [1.82, 2.24) is 0 Å². The molecule has 0 amide bonds. The van der Waals surface area contributed by atoms with E-state index in [1.54, 1.807) is 0 Å². The van der Waals surface area contributed by atoms with Crippen molar-refractivity contribution in [3.63, 3.8) is 0 Å². The molecular formula is C51H33N3S. The molecule has 0 aliphatic heterocycles. The zero-order valence-corrected chi connectivity index (χ0v) is 30.6. The van der Waals surface area contributed by atoms with Gasteiger partial charge in [0.2, 0.25) is 0 Å². The Bertz CT molecular complexity index is 3150. The first-order valence-electron chi connectivity index (χ1n) is 18.4. The first-order chi connectivity index (χ1) is 27.2. The minimum Gasteiger partial charge on any atom is -0.282 e. The number of hydrogen-bond acceptors (Lipinski definition) is 2. The van der Waals surface area contributed by atoms with Crippen LogP contribution in [0.5, 0.6) is 0 Å².